The largest absolute Gasteiger partial charge is 0.417 e. The molecule has 1 atom stereocenters. The first-order valence-electron chi connectivity index (χ1n) is 5.08. The molecule has 0 fully saturated rings. The average molecular weight is 196 g/mol. The Balaban J connectivity index is 2.64. The first-order valence-corrected chi connectivity index (χ1v) is 8.07. The molecule has 74 valence electrons. The Bertz CT molecular complexity index is 228. The predicted molar refractivity (Wildman–Crippen MR) is 60.4 cm³/mol. The van der Waals surface area contributed by atoms with Crippen LogP contribution in [0.1, 0.15) is 20.3 Å². The van der Waals surface area contributed by atoms with Crippen molar-refractivity contribution < 1.29 is 4.43 Å². The summed E-state index contributed by atoms with van der Waals surface area (Å²) in [4.78, 5) is 0. The molecule has 0 bridgehead atoms. The van der Waals surface area contributed by atoms with Crippen molar-refractivity contribution in [1.82, 2.24) is 0 Å². The highest BCUT2D eigenvalue weighted by Gasteiger charge is 2.31. The molecule has 1 aliphatic carbocycles. The van der Waals surface area contributed by atoms with Crippen molar-refractivity contribution in [3.05, 3.63) is 23.8 Å². The topological polar surface area (TPSA) is 9.23 Å². The Labute approximate surface area is 82.6 Å². The van der Waals surface area contributed by atoms with Crippen LogP contribution in [0.2, 0.25) is 18.6 Å². The molecule has 1 aliphatic rings. The van der Waals surface area contributed by atoms with Crippen molar-refractivity contribution in [2.45, 2.75) is 38.9 Å². The monoisotopic (exact) mass is 196 g/mol. The molecule has 13 heavy (non-hydrogen) atoms. The average Bonchev–Trinajstić information content (AvgIpc) is 2.54. The zero-order valence-electron chi connectivity index (χ0n) is 9.13. The molecule has 0 aromatic carbocycles. The zero-order valence-corrected chi connectivity index (χ0v) is 10.1. The molecular formula is C11H20OSi. The van der Waals surface area contributed by atoms with Crippen LogP contribution in [0.3, 0.4) is 0 Å². The maximum Gasteiger partial charge on any atom is 0.193 e. The van der Waals surface area contributed by atoms with E-state index in [1.165, 1.54) is 5.57 Å². The fraction of sp³-hybridized carbons (Fsp3) is 0.636. The van der Waals surface area contributed by atoms with Gasteiger partial charge >= 0.3 is 0 Å². The Hall–Kier alpha value is -0.343. The van der Waals surface area contributed by atoms with Gasteiger partial charge in [-0.25, -0.2) is 0 Å². The summed E-state index contributed by atoms with van der Waals surface area (Å²) in [6.07, 6.45) is 7.90. The van der Waals surface area contributed by atoms with Crippen molar-refractivity contribution in [2.24, 2.45) is 0 Å². The molecule has 0 N–H and O–H groups in total. The summed E-state index contributed by atoms with van der Waals surface area (Å²) in [6, 6.07) is 0. The third-order valence-corrected chi connectivity index (χ3v) is 6.31. The van der Waals surface area contributed by atoms with Gasteiger partial charge in [-0.2, -0.15) is 0 Å². The zero-order chi connectivity index (χ0) is 9.90. The maximum absolute atomic E-state index is 5.87. The summed E-state index contributed by atoms with van der Waals surface area (Å²) in [5, 5.41) is 0. The van der Waals surface area contributed by atoms with E-state index in [2.05, 4.69) is 45.2 Å². The van der Waals surface area contributed by atoms with Gasteiger partial charge in [-0.05, 0) is 37.6 Å². The molecule has 1 unspecified atom stereocenters. The molecule has 0 saturated heterocycles. The quantitative estimate of drug-likeness (QED) is 0.625. The molecular weight excluding hydrogens is 176 g/mol. The van der Waals surface area contributed by atoms with Crippen LogP contribution in [0.15, 0.2) is 23.8 Å². The minimum absolute atomic E-state index is 0.617. The Morgan fingerprint density at radius 3 is 2.69 bits per heavy atom. The van der Waals surface area contributed by atoms with E-state index in [1.54, 1.807) is 0 Å². The van der Waals surface area contributed by atoms with E-state index in [4.69, 9.17) is 4.43 Å². The van der Waals surface area contributed by atoms with Gasteiger partial charge in [0, 0.05) is 6.61 Å². The van der Waals surface area contributed by atoms with Crippen molar-refractivity contribution in [2.75, 3.05) is 6.61 Å². The van der Waals surface area contributed by atoms with Crippen molar-refractivity contribution in [1.29, 1.82) is 0 Å². The molecule has 1 nitrogen and oxygen atoms in total. The number of hydrogen-bond donors (Lipinski definition) is 0. The lowest BCUT2D eigenvalue weighted by molar-refractivity contribution is 0.324. The van der Waals surface area contributed by atoms with Crippen LogP contribution in [0.25, 0.3) is 0 Å². The molecule has 1 rings (SSSR count). The lowest BCUT2D eigenvalue weighted by Gasteiger charge is -2.29. The summed E-state index contributed by atoms with van der Waals surface area (Å²) in [7, 11) is -1.49. The van der Waals surface area contributed by atoms with Crippen LogP contribution >= 0.6 is 0 Å². The summed E-state index contributed by atoms with van der Waals surface area (Å²) in [5.41, 5.74) is 2.09. The molecule has 0 saturated carbocycles. The fourth-order valence-electron chi connectivity index (χ4n) is 1.70. The predicted octanol–water partition coefficient (Wildman–Crippen LogP) is 3.50. The molecule has 2 heteroatoms. The van der Waals surface area contributed by atoms with Gasteiger partial charge in [0.1, 0.15) is 0 Å². The van der Waals surface area contributed by atoms with E-state index in [-0.39, 0.29) is 0 Å². The Morgan fingerprint density at radius 2 is 2.23 bits per heavy atom. The second-order valence-electron chi connectivity index (χ2n) is 4.10. The summed E-state index contributed by atoms with van der Waals surface area (Å²) in [6.45, 7) is 9.83. The molecule has 0 heterocycles. The van der Waals surface area contributed by atoms with Gasteiger partial charge in [-0.3, -0.25) is 0 Å². The second-order valence-corrected chi connectivity index (χ2v) is 8.46. The number of rotatable bonds is 4. The summed E-state index contributed by atoms with van der Waals surface area (Å²) in [5.74, 6) is 0. The van der Waals surface area contributed by atoms with Gasteiger partial charge in [0.05, 0.1) is 0 Å². The smallest absolute Gasteiger partial charge is 0.193 e. The molecule has 0 aromatic rings. The third kappa shape index (κ3) is 2.55. The van der Waals surface area contributed by atoms with E-state index in [0.717, 1.165) is 13.0 Å². The van der Waals surface area contributed by atoms with E-state index >= 15 is 0 Å². The highest BCUT2D eigenvalue weighted by molar-refractivity contribution is 6.73. The third-order valence-electron chi connectivity index (χ3n) is 2.86. The number of hydrogen-bond acceptors (Lipinski definition) is 1. The highest BCUT2D eigenvalue weighted by atomic mass is 28.4. The second kappa shape index (κ2) is 4.25. The van der Waals surface area contributed by atoms with Gasteiger partial charge < -0.3 is 4.43 Å². The van der Waals surface area contributed by atoms with Crippen LogP contribution in [-0.2, 0) is 4.43 Å². The van der Waals surface area contributed by atoms with Gasteiger partial charge in [0.25, 0.3) is 0 Å². The van der Waals surface area contributed by atoms with Crippen LogP contribution < -0.4 is 0 Å². The van der Waals surface area contributed by atoms with Crippen LogP contribution in [-0.4, -0.2) is 14.9 Å². The normalized spacial score (nSPS) is 18.9. The lowest BCUT2D eigenvalue weighted by atomic mass is 10.2. The maximum atomic E-state index is 5.87. The van der Waals surface area contributed by atoms with Gasteiger partial charge in [-0.15, -0.1) is 0 Å². The van der Waals surface area contributed by atoms with E-state index in [1.807, 2.05) is 0 Å². The van der Waals surface area contributed by atoms with E-state index in [0.29, 0.717) is 5.54 Å². The SMILES string of the molecule is CCO[Si](C)(C)C(C)C1=CCC=C1. The van der Waals surface area contributed by atoms with Crippen LogP contribution in [0.4, 0.5) is 0 Å². The van der Waals surface area contributed by atoms with Crippen molar-refractivity contribution >= 4 is 8.32 Å². The standard InChI is InChI=1S/C11H20OSi/c1-5-12-13(3,4)10(2)11-8-6-7-9-11/h6,8-10H,5,7H2,1-4H3. The number of allylic oxidation sites excluding steroid dienone is 4. The molecule has 0 aromatic heterocycles. The first kappa shape index (κ1) is 10.7. The first-order chi connectivity index (χ1) is 6.08. The summed E-state index contributed by atoms with van der Waals surface area (Å²) < 4.78 is 5.87. The van der Waals surface area contributed by atoms with Gasteiger partial charge in [0.2, 0.25) is 0 Å². The van der Waals surface area contributed by atoms with Crippen molar-refractivity contribution in [3.8, 4) is 0 Å². The van der Waals surface area contributed by atoms with Crippen LogP contribution in [0.5, 0.6) is 0 Å². The minimum Gasteiger partial charge on any atom is -0.417 e. The van der Waals surface area contributed by atoms with Gasteiger partial charge in [-0.1, -0.05) is 25.2 Å². The molecule has 0 spiro atoms. The Kier molecular flexibility index (Phi) is 3.51. The summed E-state index contributed by atoms with van der Waals surface area (Å²) >= 11 is 0. The Morgan fingerprint density at radius 1 is 1.54 bits per heavy atom. The lowest BCUT2D eigenvalue weighted by Crippen LogP contribution is -2.35. The minimum atomic E-state index is -1.49. The van der Waals surface area contributed by atoms with Crippen LogP contribution in [0, 0.1) is 0 Å². The molecule has 0 aliphatic heterocycles. The molecule has 0 radical (unpaired) electrons. The van der Waals surface area contributed by atoms with Crippen molar-refractivity contribution in [3.63, 3.8) is 0 Å². The highest BCUT2D eigenvalue weighted by Crippen LogP contribution is 2.33. The van der Waals surface area contributed by atoms with Gasteiger partial charge in [0.15, 0.2) is 8.32 Å². The van der Waals surface area contributed by atoms with E-state index < -0.39 is 8.32 Å². The molecule has 0 amide bonds. The van der Waals surface area contributed by atoms with E-state index in [9.17, 15) is 0 Å². The fourth-order valence-corrected chi connectivity index (χ4v) is 3.71.